The summed E-state index contributed by atoms with van der Waals surface area (Å²) in [5.74, 6) is -0.00496. The molecule has 0 saturated carbocycles. The molecule has 0 spiro atoms. The van der Waals surface area contributed by atoms with Gasteiger partial charge in [-0.15, -0.1) is 0 Å². The van der Waals surface area contributed by atoms with Crippen LogP contribution in [0.15, 0.2) is 29.0 Å². The van der Waals surface area contributed by atoms with Crippen LogP contribution in [0.4, 0.5) is 5.82 Å². The summed E-state index contributed by atoms with van der Waals surface area (Å²) in [6.07, 6.45) is 2.96. The number of nitrogens with two attached hydrogens (primary N) is 1. The smallest absolute Gasteiger partial charge is 0.273 e. The van der Waals surface area contributed by atoms with Gasteiger partial charge in [0.05, 0.1) is 11.9 Å². The number of nitrogens with zero attached hydrogens (tertiary/aromatic N) is 3. The predicted molar refractivity (Wildman–Crippen MR) is 98.5 cm³/mol. The van der Waals surface area contributed by atoms with Crippen LogP contribution in [-0.4, -0.2) is 20.9 Å². The Morgan fingerprint density at radius 1 is 1.15 bits per heavy atom. The third-order valence-corrected chi connectivity index (χ3v) is 4.21. The van der Waals surface area contributed by atoms with Crippen molar-refractivity contribution in [3.8, 4) is 11.6 Å². The molecule has 1 aromatic carbocycles. The summed E-state index contributed by atoms with van der Waals surface area (Å²) in [4.78, 5) is 25.1. The minimum absolute atomic E-state index is 0.0404. The van der Waals surface area contributed by atoms with Crippen LogP contribution < -0.4 is 11.1 Å². The van der Waals surface area contributed by atoms with Gasteiger partial charge in [-0.05, 0) is 44.4 Å². The molecule has 0 saturated heterocycles. The van der Waals surface area contributed by atoms with Crippen LogP contribution in [-0.2, 0) is 6.54 Å². The van der Waals surface area contributed by atoms with E-state index >= 15 is 0 Å². The van der Waals surface area contributed by atoms with E-state index in [2.05, 4.69) is 39.3 Å². The van der Waals surface area contributed by atoms with E-state index in [1.807, 2.05) is 13.8 Å². The van der Waals surface area contributed by atoms with E-state index in [1.54, 1.807) is 6.92 Å². The van der Waals surface area contributed by atoms with Crippen molar-refractivity contribution in [1.29, 1.82) is 0 Å². The summed E-state index contributed by atoms with van der Waals surface area (Å²) < 4.78 is 5.23. The standard InChI is InChI=1S/C19H21N5O2/c1-10-7-11(2)14(12(3)8-10)9-22-18(25)16-17(20)24-15(13(4)23-16)19-21-5-6-26-19/h5-8H,9H2,1-4H3,(H2,20,24)(H,22,25). The van der Waals surface area contributed by atoms with E-state index in [0.29, 0.717) is 23.8 Å². The normalized spacial score (nSPS) is 10.8. The second-order valence-corrected chi connectivity index (χ2v) is 6.29. The van der Waals surface area contributed by atoms with Crippen LogP contribution in [0.5, 0.6) is 0 Å². The van der Waals surface area contributed by atoms with Crippen LogP contribution in [0.25, 0.3) is 11.6 Å². The molecule has 134 valence electrons. The first-order valence-electron chi connectivity index (χ1n) is 8.25. The number of anilines is 1. The minimum Gasteiger partial charge on any atom is -0.443 e. The first-order valence-corrected chi connectivity index (χ1v) is 8.25. The predicted octanol–water partition coefficient (Wildman–Crippen LogP) is 2.88. The Hall–Kier alpha value is -3.22. The first-order chi connectivity index (χ1) is 12.4. The van der Waals surface area contributed by atoms with E-state index in [9.17, 15) is 4.79 Å². The van der Waals surface area contributed by atoms with Crippen molar-refractivity contribution >= 4 is 11.7 Å². The molecule has 7 heteroatoms. The highest BCUT2D eigenvalue weighted by atomic mass is 16.3. The summed E-state index contributed by atoms with van der Waals surface area (Å²) in [5, 5.41) is 2.88. The Morgan fingerprint density at radius 2 is 1.85 bits per heavy atom. The van der Waals surface area contributed by atoms with Crippen LogP contribution in [0, 0.1) is 27.7 Å². The number of aryl methyl sites for hydroxylation is 4. The molecule has 26 heavy (non-hydrogen) atoms. The number of nitrogen functional groups attached to an aromatic ring is 1. The van der Waals surface area contributed by atoms with Gasteiger partial charge in [-0.1, -0.05) is 17.7 Å². The van der Waals surface area contributed by atoms with Gasteiger partial charge in [0.15, 0.2) is 11.5 Å². The van der Waals surface area contributed by atoms with Crippen molar-refractivity contribution < 1.29 is 9.21 Å². The zero-order chi connectivity index (χ0) is 18.8. The lowest BCUT2D eigenvalue weighted by Gasteiger charge is -2.13. The SMILES string of the molecule is Cc1cc(C)c(CNC(=O)c2nc(C)c(-c3ncco3)nc2N)c(C)c1. The van der Waals surface area contributed by atoms with E-state index in [1.165, 1.54) is 18.0 Å². The fraction of sp³-hybridized carbons (Fsp3) is 0.263. The van der Waals surface area contributed by atoms with E-state index < -0.39 is 0 Å². The zero-order valence-corrected chi connectivity index (χ0v) is 15.3. The third-order valence-electron chi connectivity index (χ3n) is 4.21. The van der Waals surface area contributed by atoms with Gasteiger partial charge in [-0.3, -0.25) is 4.79 Å². The lowest BCUT2D eigenvalue weighted by molar-refractivity contribution is 0.0946. The number of benzene rings is 1. The van der Waals surface area contributed by atoms with E-state index in [4.69, 9.17) is 10.2 Å². The van der Waals surface area contributed by atoms with Crippen molar-refractivity contribution in [3.05, 3.63) is 58.2 Å². The molecule has 0 aliphatic heterocycles. The molecule has 2 aromatic heterocycles. The number of aromatic nitrogens is 3. The molecule has 3 rings (SSSR count). The molecule has 0 bridgehead atoms. The molecule has 0 fully saturated rings. The van der Waals surface area contributed by atoms with Crippen LogP contribution in [0.3, 0.4) is 0 Å². The second-order valence-electron chi connectivity index (χ2n) is 6.29. The van der Waals surface area contributed by atoms with Crippen LogP contribution in [0.1, 0.15) is 38.4 Å². The molecule has 3 N–H and O–H groups in total. The van der Waals surface area contributed by atoms with Crippen molar-refractivity contribution in [2.75, 3.05) is 5.73 Å². The molecule has 0 aliphatic carbocycles. The lowest BCUT2D eigenvalue weighted by Crippen LogP contribution is -2.26. The number of hydrogen-bond donors (Lipinski definition) is 2. The molecule has 7 nitrogen and oxygen atoms in total. The topological polar surface area (TPSA) is 107 Å². The Kier molecular flexibility index (Phi) is 4.71. The molecule has 0 aliphatic rings. The molecule has 2 heterocycles. The summed E-state index contributed by atoms with van der Waals surface area (Å²) in [6, 6.07) is 4.19. The van der Waals surface area contributed by atoms with Gasteiger partial charge in [0, 0.05) is 6.54 Å². The maximum atomic E-state index is 12.5. The van der Waals surface area contributed by atoms with Gasteiger partial charge in [-0.2, -0.15) is 0 Å². The molecule has 0 atom stereocenters. The Bertz CT molecular complexity index is 941. The van der Waals surface area contributed by atoms with Gasteiger partial charge >= 0.3 is 0 Å². The number of hydrogen-bond acceptors (Lipinski definition) is 6. The Labute approximate surface area is 151 Å². The fourth-order valence-corrected chi connectivity index (χ4v) is 2.98. The summed E-state index contributed by atoms with van der Waals surface area (Å²) in [5.41, 5.74) is 11.5. The number of oxazole rings is 1. The van der Waals surface area contributed by atoms with Gasteiger partial charge < -0.3 is 15.5 Å². The second kappa shape index (κ2) is 6.95. The Morgan fingerprint density at radius 3 is 2.46 bits per heavy atom. The highest BCUT2D eigenvalue weighted by molar-refractivity contribution is 5.96. The highest BCUT2D eigenvalue weighted by Gasteiger charge is 2.19. The quantitative estimate of drug-likeness (QED) is 0.748. The van der Waals surface area contributed by atoms with Crippen molar-refractivity contribution in [2.45, 2.75) is 34.2 Å². The van der Waals surface area contributed by atoms with E-state index in [-0.39, 0.29) is 17.4 Å². The monoisotopic (exact) mass is 351 g/mol. The highest BCUT2D eigenvalue weighted by Crippen LogP contribution is 2.21. The summed E-state index contributed by atoms with van der Waals surface area (Å²) in [6.45, 7) is 8.25. The summed E-state index contributed by atoms with van der Waals surface area (Å²) >= 11 is 0. The maximum Gasteiger partial charge on any atom is 0.273 e. The molecular formula is C19H21N5O2. The van der Waals surface area contributed by atoms with Crippen molar-refractivity contribution in [2.24, 2.45) is 0 Å². The average molecular weight is 351 g/mol. The van der Waals surface area contributed by atoms with Gasteiger partial charge in [0.1, 0.15) is 12.0 Å². The average Bonchev–Trinajstić information content (AvgIpc) is 3.09. The van der Waals surface area contributed by atoms with Gasteiger partial charge in [0.25, 0.3) is 5.91 Å². The molecule has 0 radical (unpaired) electrons. The van der Waals surface area contributed by atoms with Gasteiger partial charge in [0.2, 0.25) is 5.89 Å². The number of carbonyl (C=O) groups is 1. The van der Waals surface area contributed by atoms with Crippen LogP contribution in [0.2, 0.25) is 0 Å². The molecule has 1 amide bonds. The first kappa shape index (κ1) is 17.6. The number of amides is 1. The molecular weight excluding hydrogens is 330 g/mol. The Balaban J connectivity index is 1.82. The third kappa shape index (κ3) is 3.42. The summed E-state index contributed by atoms with van der Waals surface area (Å²) in [7, 11) is 0. The van der Waals surface area contributed by atoms with Gasteiger partial charge in [-0.25, -0.2) is 15.0 Å². The maximum absolute atomic E-state index is 12.5. The number of rotatable bonds is 4. The fourth-order valence-electron chi connectivity index (χ4n) is 2.98. The largest absolute Gasteiger partial charge is 0.443 e. The minimum atomic E-state index is -0.364. The van der Waals surface area contributed by atoms with Crippen LogP contribution >= 0.6 is 0 Å². The van der Waals surface area contributed by atoms with Crippen molar-refractivity contribution in [3.63, 3.8) is 0 Å². The zero-order valence-electron chi connectivity index (χ0n) is 15.3. The van der Waals surface area contributed by atoms with Crippen molar-refractivity contribution in [1.82, 2.24) is 20.3 Å². The number of carbonyl (C=O) groups excluding carboxylic acids is 1. The number of nitrogens with one attached hydrogen (secondary N) is 1. The molecule has 3 aromatic rings. The lowest BCUT2D eigenvalue weighted by atomic mass is 10.00. The molecule has 0 unspecified atom stereocenters. The van der Waals surface area contributed by atoms with E-state index in [0.717, 1.165) is 16.7 Å².